The number of hydrogen-bond donors (Lipinski definition) is 2. The van der Waals surface area contributed by atoms with Crippen LogP contribution in [0.5, 0.6) is 0 Å². The first-order valence-electron chi connectivity index (χ1n) is 9.58. The van der Waals surface area contributed by atoms with E-state index in [0.717, 1.165) is 44.2 Å². The third kappa shape index (κ3) is 6.84. The third-order valence-corrected chi connectivity index (χ3v) is 4.53. The lowest BCUT2D eigenvalue weighted by molar-refractivity contribution is 0.0536. The van der Waals surface area contributed by atoms with Crippen LogP contribution in [0.1, 0.15) is 29.3 Å². The van der Waals surface area contributed by atoms with Gasteiger partial charge in [-0.3, -0.25) is 4.79 Å². The number of guanidine groups is 1. The number of hydrogen-bond acceptors (Lipinski definition) is 4. The number of methoxy groups -OCH3 is 1. The first kappa shape index (κ1) is 21.2. The largest absolute Gasteiger partial charge is 0.382 e. The number of ether oxygens (including phenoxy) is 2. The minimum atomic E-state index is -0.0800. The van der Waals surface area contributed by atoms with E-state index in [1.807, 2.05) is 24.3 Å². The van der Waals surface area contributed by atoms with Gasteiger partial charge in [0.15, 0.2) is 5.96 Å². The molecule has 0 aliphatic carbocycles. The predicted octanol–water partition coefficient (Wildman–Crippen LogP) is 1.50. The molecule has 1 saturated heterocycles. The van der Waals surface area contributed by atoms with Gasteiger partial charge in [0.1, 0.15) is 0 Å². The molecule has 1 aromatic rings. The number of carbonyl (C=O) groups is 1. The Morgan fingerprint density at radius 3 is 2.96 bits per heavy atom. The van der Waals surface area contributed by atoms with Crippen molar-refractivity contribution >= 4 is 11.9 Å². The Morgan fingerprint density at radius 2 is 2.22 bits per heavy atom. The lowest BCUT2D eigenvalue weighted by Gasteiger charge is -2.21. The molecule has 1 aliphatic heterocycles. The van der Waals surface area contributed by atoms with Gasteiger partial charge in [-0.25, -0.2) is 4.99 Å². The normalized spacial score (nSPS) is 17.2. The molecule has 1 aromatic carbocycles. The van der Waals surface area contributed by atoms with E-state index in [9.17, 15) is 4.79 Å². The quantitative estimate of drug-likeness (QED) is 0.388. The van der Waals surface area contributed by atoms with Gasteiger partial charge in [0.2, 0.25) is 0 Å². The van der Waals surface area contributed by atoms with Gasteiger partial charge >= 0.3 is 0 Å². The number of nitrogens with one attached hydrogen (secondary N) is 2. The zero-order valence-corrected chi connectivity index (χ0v) is 16.7. The van der Waals surface area contributed by atoms with E-state index in [1.54, 1.807) is 14.2 Å². The Balaban J connectivity index is 1.93. The minimum absolute atomic E-state index is 0.0800. The van der Waals surface area contributed by atoms with Crippen molar-refractivity contribution in [1.29, 1.82) is 0 Å². The van der Waals surface area contributed by atoms with E-state index in [-0.39, 0.29) is 5.91 Å². The summed E-state index contributed by atoms with van der Waals surface area (Å²) in [6.07, 6.45) is 1.10. The van der Waals surface area contributed by atoms with Crippen molar-refractivity contribution in [3.63, 3.8) is 0 Å². The van der Waals surface area contributed by atoms with Crippen LogP contribution in [0.2, 0.25) is 0 Å². The highest BCUT2D eigenvalue weighted by atomic mass is 16.5. The maximum absolute atomic E-state index is 11.8. The second-order valence-corrected chi connectivity index (χ2v) is 6.62. The van der Waals surface area contributed by atoms with E-state index in [1.165, 1.54) is 0 Å². The van der Waals surface area contributed by atoms with E-state index in [4.69, 9.17) is 14.5 Å². The summed E-state index contributed by atoms with van der Waals surface area (Å²) >= 11 is 0. The topological polar surface area (TPSA) is 75.2 Å². The van der Waals surface area contributed by atoms with E-state index in [0.29, 0.717) is 31.2 Å². The number of aliphatic imine (C=N–C) groups is 1. The first-order chi connectivity index (χ1) is 13.2. The second kappa shape index (κ2) is 11.6. The molecule has 0 aromatic heterocycles. The van der Waals surface area contributed by atoms with Crippen LogP contribution in [0.3, 0.4) is 0 Å². The van der Waals surface area contributed by atoms with Crippen molar-refractivity contribution in [3.05, 3.63) is 35.4 Å². The zero-order chi connectivity index (χ0) is 19.5. The SMILES string of the molecule is CCNC(=NCc1cccc(C(=O)NC)c1)N1CCC(COCCOC)C1. The van der Waals surface area contributed by atoms with Gasteiger partial charge in [-0.15, -0.1) is 0 Å². The summed E-state index contributed by atoms with van der Waals surface area (Å²) in [6.45, 7) is 7.38. The number of benzene rings is 1. The summed E-state index contributed by atoms with van der Waals surface area (Å²) in [6, 6.07) is 7.59. The molecule has 7 heteroatoms. The fourth-order valence-electron chi connectivity index (χ4n) is 3.10. The van der Waals surface area contributed by atoms with Gasteiger partial charge in [-0.1, -0.05) is 12.1 Å². The van der Waals surface area contributed by atoms with Gasteiger partial charge < -0.3 is 25.0 Å². The lowest BCUT2D eigenvalue weighted by atomic mass is 10.1. The monoisotopic (exact) mass is 376 g/mol. The summed E-state index contributed by atoms with van der Waals surface area (Å²) < 4.78 is 10.7. The molecule has 0 spiro atoms. The molecule has 1 amide bonds. The van der Waals surface area contributed by atoms with Crippen molar-refractivity contribution in [1.82, 2.24) is 15.5 Å². The summed E-state index contributed by atoms with van der Waals surface area (Å²) in [7, 11) is 3.32. The van der Waals surface area contributed by atoms with Crippen LogP contribution in [0.15, 0.2) is 29.3 Å². The molecule has 27 heavy (non-hydrogen) atoms. The predicted molar refractivity (Wildman–Crippen MR) is 107 cm³/mol. The molecule has 1 aliphatic rings. The highest BCUT2D eigenvalue weighted by Gasteiger charge is 2.24. The van der Waals surface area contributed by atoms with Gasteiger partial charge in [0.05, 0.1) is 26.4 Å². The Bertz CT molecular complexity index is 621. The van der Waals surface area contributed by atoms with E-state index in [2.05, 4.69) is 22.5 Å². The van der Waals surface area contributed by atoms with Crippen molar-refractivity contribution < 1.29 is 14.3 Å². The Hall–Kier alpha value is -2.12. The molecule has 150 valence electrons. The number of nitrogens with zero attached hydrogens (tertiary/aromatic N) is 2. The third-order valence-electron chi connectivity index (χ3n) is 4.53. The second-order valence-electron chi connectivity index (χ2n) is 6.62. The van der Waals surface area contributed by atoms with E-state index < -0.39 is 0 Å². The van der Waals surface area contributed by atoms with Gasteiger partial charge in [-0.05, 0) is 31.0 Å². The zero-order valence-electron chi connectivity index (χ0n) is 16.7. The van der Waals surface area contributed by atoms with Crippen molar-refractivity contribution in [2.45, 2.75) is 19.9 Å². The highest BCUT2D eigenvalue weighted by Crippen LogP contribution is 2.17. The summed E-state index contributed by atoms with van der Waals surface area (Å²) in [5.41, 5.74) is 1.68. The van der Waals surface area contributed by atoms with Crippen LogP contribution >= 0.6 is 0 Å². The maximum Gasteiger partial charge on any atom is 0.251 e. The fraction of sp³-hybridized carbons (Fsp3) is 0.600. The Labute approximate surface area is 162 Å². The van der Waals surface area contributed by atoms with Crippen LogP contribution < -0.4 is 10.6 Å². The molecular weight excluding hydrogens is 344 g/mol. The van der Waals surface area contributed by atoms with Gasteiger partial charge in [-0.2, -0.15) is 0 Å². The van der Waals surface area contributed by atoms with Crippen molar-refractivity contribution in [2.75, 3.05) is 53.6 Å². The van der Waals surface area contributed by atoms with E-state index >= 15 is 0 Å². The standard InChI is InChI=1S/C20H32N4O3/c1-4-22-20(24-9-8-17(14-24)15-27-11-10-26-3)23-13-16-6-5-7-18(12-16)19(25)21-2/h5-7,12,17H,4,8-11,13-15H2,1-3H3,(H,21,25)(H,22,23). The van der Waals surface area contributed by atoms with Gasteiger partial charge in [0, 0.05) is 45.3 Å². The molecule has 2 rings (SSSR count). The first-order valence-corrected chi connectivity index (χ1v) is 9.58. The molecule has 1 fully saturated rings. The average Bonchev–Trinajstić information content (AvgIpc) is 3.17. The van der Waals surface area contributed by atoms with Crippen LogP contribution in [0, 0.1) is 5.92 Å². The molecule has 0 bridgehead atoms. The molecule has 0 radical (unpaired) electrons. The van der Waals surface area contributed by atoms with Crippen LogP contribution in [-0.4, -0.2) is 70.4 Å². The number of amides is 1. The summed E-state index contributed by atoms with van der Waals surface area (Å²) in [5.74, 6) is 1.35. The summed E-state index contributed by atoms with van der Waals surface area (Å²) in [5, 5.41) is 6.03. The molecule has 7 nitrogen and oxygen atoms in total. The molecular formula is C20H32N4O3. The maximum atomic E-state index is 11.8. The summed E-state index contributed by atoms with van der Waals surface area (Å²) in [4.78, 5) is 18.9. The number of likely N-dealkylation sites (tertiary alicyclic amines) is 1. The molecule has 1 unspecified atom stereocenters. The number of carbonyl (C=O) groups excluding carboxylic acids is 1. The molecule has 0 saturated carbocycles. The Morgan fingerprint density at radius 1 is 1.37 bits per heavy atom. The molecule has 2 N–H and O–H groups in total. The minimum Gasteiger partial charge on any atom is -0.382 e. The smallest absolute Gasteiger partial charge is 0.251 e. The fourth-order valence-corrected chi connectivity index (χ4v) is 3.10. The number of rotatable bonds is 9. The lowest BCUT2D eigenvalue weighted by Crippen LogP contribution is -2.40. The van der Waals surface area contributed by atoms with Gasteiger partial charge in [0.25, 0.3) is 5.91 Å². The van der Waals surface area contributed by atoms with Crippen molar-refractivity contribution in [2.24, 2.45) is 10.9 Å². The van der Waals surface area contributed by atoms with Crippen LogP contribution in [0.4, 0.5) is 0 Å². The van der Waals surface area contributed by atoms with Crippen LogP contribution in [-0.2, 0) is 16.0 Å². The molecule has 1 heterocycles. The average molecular weight is 377 g/mol. The Kier molecular flexibility index (Phi) is 9.07. The molecule has 1 atom stereocenters. The van der Waals surface area contributed by atoms with Crippen LogP contribution in [0.25, 0.3) is 0 Å². The highest BCUT2D eigenvalue weighted by molar-refractivity contribution is 5.94. The van der Waals surface area contributed by atoms with Crippen molar-refractivity contribution in [3.8, 4) is 0 Å².